The number of nitro groups is 1. The number of aromatic nitrogens is 2. The molecule has 0 unspecified atom stereocenters. The number of nitro benzene ring substituents is 1. The number of rotatable bonds is 2. The van der Waals surface area contributed by atoms with Crippen molar-refractivity contribution in [2.24, 2.45) is 0 Å². The van der Waals surface area contributed by atoms with Crippen LogP contribution >= 0.6 is 11.6 Å². The molecule has 6 nitrogen and oxygen atoms in total. The maximum Gasteiger partial charge on any atom is 0.278 e. The monoisotopic (exact) mass is 301 g/mol. The van der Waals surface area contributed by atoms with Gasteiger partial charge >= 0.3 is 0 Å². The summed E-state index contributed by atoms with van der Waals surface area (Å²) in [5, 5.41) is 16.0. The van der Waals surface area contributed by atoms with Crippen LogP contribution in [0.4, 0.5) is 5.69 Å². The maximum atomic E-state index is 12.4. The Morgan fingerprint density at radius 3 is 2.57 bits per heavy atom. The third kappa shape index (κ3) is 2.36. The number of fused-ring (bicyclic) bond motifs is 1. The van der Waals surface area contributed by atoms with Crippen LogP contribution in [0.15, 0.2) is 48.7 Å². The molecule has 1 aromatic heterocycles. The van der Waals surface area contributed by atoms with Crippen LogP contribution in [0.1, 0.15) is 10.4 Å². The summed E-state index contributed by atoms with van der Waals surface area (Å²) in [6.07, 6.45) is 1.49. The number of non-ortho nitro benzene ring substituents is 1. The molecule has 0 radical (unpaired) electrons. The molecule has 0 N–H and O–H groups in total. The fourth-order valence-electron chi connectivity index (χ4n) is 2.00. The van der Waals surface area contributed by atoms with Crippen molar-refractivity contribution in [3.8, 4) is 0 Å². The van der Waals surface area contributed by atoms with E-state index in [1.807, 2.05) is 0 Å². The fourth-order valence-corrected chi connectivity index (χ4v) is 2.12. The number of nitrogens with zero attached hydrogens (tertiary/aromatic N) is 3. The van der Waals surface area contributed by atoms with Crippen molar-refractivity contribution in [1.82, 2.24) is 9.78 Å². The lowest BCUT2D eigenvalue weighted by molar-refractivity contribution is -0.384. The maximum absolute atomic E-state index is 12.4. The van der Waals surface area contributed by atoms with E-state index in [1.165, 1.54) is 18.3 Å². The van der Waals surface area contributed by atoms with E-state index >= 15 is 0 Å². The first kappa shape index (κ1) is 13.3. The van der Waals surface area contributed by atoms with Crippen LogP contribution < -0.4 is 0 Å². The second kappa shape index (κ2) is 4.99. The van der Waals surface area contributed by atoms with Crippen molar-refractivity contribution in [3.63, 3.8) is 0 Å². The molecule has 0 saturated carbocycles. The molecule has 0 aliphatic carbocycles. The van der Waals surface area contributed by atoms with Crippen LogP contribution in [0.3, 0.4) is 0 Å². The zero-order chi connectivity index (χ0) is 15.0. The third-order valence-corrected chi connectivity index (χ3v) is 3.30. The molecule has 3 aromatic rings. The van der Waals surface area contributed by atoms with E-state index in [4.69, 9.17) is 11.6 Å². The highest BCUT2D eigenvalue weighted by Crippen LogP contribution is 2.21. The van der Waals surface area contributed by atoms with Gasteiger partial charge in [-0.15, -0.1) is 0 Å². The average molecular weight is 302 g/mol. The first-order chi connectivity index (χ1) is 10.1. The van der Waals surface area contributed by atoms with E-state index in [0.29, 0.717) is 21.5 Å². The molecule has 0 amide bonds. The molecular weight excluding hydrogens is 294 g/mol. The third-order valence-electron chi connectivity index (χ3n) is 3.05. The molecule has 1 heterocycles. The zero-order valence-corrected chi connectivity index (χ0v) is 11.3. The Kier molecular flexibility index (Phi) is 3.15. The Labute approximate surface area is 123 Å². The average Bonchev–Trinajstić information content (AvgIpc) is 2.90. The smallest absolute Gasteiger partial charge is 0.267 e. The molecule has 21 heavy (non-hydrogen) atoms. The van der Waals surface area contributed by atoms with Gasteiger partial charge in [-0.1, -0.05) is 11.6 Å². The molecule has 0 atom stereocenters. The van der Waals surface area contributed by atoms with E-state index in [0.717, 1.165) is 4.68 Å². The van der Waals surface area contributed by atoms with Gasteiger partial charge in [-0.25, -0.2) is 0 Å². The van der Waals surface area contributed by atoms with Crippen LogP contribution in [0.25, 0.3) is 10.9 Å². The number of hydrogen-bond acceptors (Lipinski definition) is 4. The summed E-state index contributed by atoms with van der Waals surface area (Å²) in [4.78, 5) is 22.7. The van der Waals surface area contributed by atoms with Crippen molar-refractivity contribution >= 4 is 34.1 Å². The summed E-state index contributed by atoms with van der Waals surface area (Å²) in [6.45, 7) is 0. The SMILES string of the molecule is O=C(c1ccc(Cl)cc1)n1ncc2ccc([N+](=O)[O-])cc21. The van der Waals surface area contributed by atoms with Gasteiger partial charge in [-0.3, -0.25) is 14.9 Å². The predicted octanol–water partition coefficient (Wildman–Crippen LogP) is 3.29. The molecule has 0 aliphatic rings. The molecule has 0 aliphatic heterocycles. The predicted molar refractivity (Wildman–Crippen MR) is 77.6 cm³/mol. The zero-order valence-electron chi connectivity index (χ0n) is 10.6. The topological polar surface area (TPSA) is 78.0 Å². The van der Waals surface area contributed by atoms with Crippen LogP contribution in [0.2, 0.25) is 5.02 Å². The second-order valence-corrected chi connectivity index (χ2v) is 4.81. The lowest BCUT2D eigenvalue weighted by Crippen LogP contribution is -2.13. The Hall–Kier alpha value is -2.73. The highest BCUT2D eigenvalue weighted by atomic mass is 35.5. The minimum Gasteiger partial charge on any atom is -0.267 e. The van der Waals surface area contributed by atoms with E-state index in [1.54, 1.807) is 30.3 Å². The van der Waals surface area contributed by atoms with Gasteiger partial charge in [0.2, 0.25) is 0 Å². The molecule has 0 fully saturated rings. The molecule has 7 heteroatoms. The summed E-state index contributed by atoms with van der Waals surface area (Å²) in [7, 11) is 0. The lowest BCUT2D eigenvalue weighted by Gasteiger charge is -2.02. The van der Waals surface area contributed by atoms with E-state index < -0.39 is 4.92 Å². The first-order valence-corrected chi connectivity index (χ1v) is 6.36. The Bertz CT molecular complexity index is 856. The number of hydrogen-bond donors (Lipinski definition) is 0. The number of benzene rings is 2. The molecule has 0 bridgehead atoms. The minimum absolute atomic E-state index is 0.0897. The number of carbonyl (C=O) groups excluding carboxylic acids is 1. The van der Waals surface area contributed by atoms with E-state index in [9.17, 15) is 14.9 Å². The summed E-state index contributed by atoms with van der Waals surface area (Å²) < 4.78 is 1.14. The van der Waals surface area contributed by atoms with Gasteiger partial charge in [0.1, 0.15) is 0 Å². The molecule has 0 spiro atoms. The van der Waals surface area contributed by atoms with Crippen molar-refractivity contribution in [1.29, 1.82) is 0 Å². The second-order valence-electron chi connectivity index (χ2n) is 4.37. The van der Waals surface area contributed by atoms with Crippen LogP contribution in [-0.4, -0.2) is 20.6 Å². The standard InChI is InChI=1S/C14H8ClN3O3/c15-11-4-1-9(2-5-11)14(19)17-13-7-12(18(20)21)6-3-10(13)8-16-17/h1-8H. The molecule has 2 aromatic carbocycles. The van der Waals surface area contributed by atoms with Crippen molar-refractivity contribution in [2.75, 3.05) is 0 Å². The number of halogens is 1. The molecular formula is C14H8ClN3O3. The minimum atomic E-state index is -0.510. The van der Waals surface area contributed by atoms with Gasteiger partial charge in [-0.2, -0.15) is 9.78 Å². The van der Waals surface area contributed by atoms with Gasteiger partial charge in [-0.05, 0) is 30.3 Å². The Morgan fingerprint density at radius 1 is 1.19 bits per heavy atom. The van der Waals surface area contributed by atoms with Crippen LogP contribution in [-0.2, 0) is 0 Å². The van der Waals surface area contributed by atoms with Gasteiger partial charge in [0.15, 0.2) is 0 Å². The largest absolute Gasteiger partial charge is 0.278 e. The van der Waals surface area contributed by atoms with Crippen molar-refractivity contribution in [3.05, 3.63) is 69.4 Å². The van der Waals surface area contributed by atoms with Crippen molar-refractivity contribution < 1.29 is 9.72 Å². The van der Waals surface area contributed by atoms with E-state index in [2.05, 4.69) is 5.10 Å². The highest BCUT2D eigenvalue weighted by Gasteiger charge is 2.15. The summed E-state index contributed by atoms with van der Waals surface area (Å²) >= 11 is 5.78. The van der Waals surface area contributed by atoms with Gasteiger partial charge in [0.25, 0.3) is 11.6 Å². The first-order valence-electron chi connectivity index (χ1n) is 5.99. The van der Waals surface area contributed by atoms with Crippen molar-refractivity contribution in [2.45, 2.75) is 0 Å². The lowest BCUT2D eigenvalue weighted by atomic mass is 10.2. The molecule has 3 rings (SSSR count). The summed E-state index contributed by atoms with van der Waals surface area (Å²) in [5.41, 5.74) is 0.702. The molecule has 104 valence electrons. The van der Waals surface area contributed by atoms with Crippen LogP contribution in [0, 0.1) is 10.1 Å². The van der Waals surface area contributed by atoms with E-state index in [-0.39, 0.29) is 11.6 Å². The van der Waals surface area contributed by atoms with Gasteiger partial charge in [0.05, 0.1) is 16.6 Å². The molecule has 0 saturated heterocycles. The van der Waals surface area contributed by atoms with Gasteiger partial charge in [0, 0.05) is 28.1 Å². The normalized spacial score (nSPS) is 10.7. The fraction of sp³-hybridized carbons (Fsp3) is 0. The van der Waals surface area contributed by atoms with Crippen LogP contribution in [0.5, 0.6) is 0 Å². The Morgan fingerprint density at radius 2 is 1.90 bits per heavy atom. The quantitative estimate of drug-likeness (QED) is 0.537. The highest BCUT2D eigenvalue weighted by molar-refractivity contribution is 6.30. The Balaban J connectivity index is 2.11. The summed E-state index contributed by atoms with van der Waals surface area (Å²) in [5.74, 6) is -0.373. The number of carbonyl (C=O) groups is 1. The summed E-state index contributed by atoms with van der Waals surface area (Å²) in [6, 6.07) is 10.6. The van der Waals surface area contributed by atoms with Gasteiger partial charge < -0.3 is 0 Å².